The molecule has 1 amide bonds. The number of para-hydroxylation sites is 2. The molecule has 5 heteroatoms. The van der Waals surface area contributed by atoms with Crippen molar-refractivity contribution in [1.29, 1.82) is 0 Å². The first-order valence-corrected chi connectivity index (χ1v) is 13.5. The van der Waals surface area contributed by atoms with E-state index in [4.69, 9.17) is 9.72 Å². The fraction of sp³-hybridized carbons (Fsp3) is 0.375. The fourth-order valence-corrected chi connectivity index (χ4v) is 4.71. The highest BCUT2D eigenvalue weighted by Gasteiger charge is 2.12. The molecule has 4 aromatic rings. The number of aromatic nitrogens is 2. The number of ether oxygens (including phenoxy) is 1. The van der Waals surface area contributed by atoms with Crippen molar-refractivity contribution < 1.29 is 9.53 Å². The van der Waals surface area contributed by atoms with Crippen LogP contribution in [0.25, 0.3) is 11.0 Å². The number of hydrogen-bond donors (Lipinski definition) is 1. The van der Waals surface area contributed by atoms with Crippen LogP contribution in [-0.4, -0.2) is 28.6 Å². The van der Waals surface area contributed by atoms with Crippen LogP contribution in [0.2, 0.25) is 0 Å². The molecule has 1 unspecified atom stereocenters. The number of hydrogen-bond acceptors (Lipinski definition) is 3. The van der Waals surface area contributed by atoms with E-state index in [1.165, 1.54) is 5.56 Å². The lowest BCUT2D eigenvalue weighted by atomic mass is 9.99. The molecule has 0 radical (unpaired) electrons. The number of benzene rings is 3. The molecular formula is C32H39N3O2. The van der Waals surface area contributed by atoms with Crippen LogP contribution in [0.3, 0.4) is 0 Å². The predicted molar refractivity (Wildman–Crippen MR) is 152 cm³/mol. The maximum atomic E-state index is 12.7. The van der Waals surface area contributed by atoms with Crippen molar-refractivity contribution in [2.75, 3.05) is 13.2 Å². The number of carbonyl (C=O) groups excluding carboxylic acids is 1. The van der Waals surface area contributed by atoms with Gasteiger partial charge in [0.05, 0.1) is 17.6 Å². The zero-order valence-electron chi connectivity index (χ0n) is 22.6. The van der Waals surface area contributed by atoms with Gasteiger partial charge in [0, 0.05) is 25.1 Å². The van der Waals surface area contributed by atoms with Gasteiger partial charge in [0.25, 0.3) is 5.91 Å². The molecule has 37 heavy (non-hydrogen) atoms. The molecule has 0 spiro atoms. The van der Waals surface area contributed by atoms with Gasteiger partial charge in [-0.1, -0.05) is 55.8 Å². The van der Waals surface area contributed by atoms with Gasteiger partial charge in [0.2, 0.25) is 0 Å². The summed E-state index contributed by atoms with van der Waals surface area (Å²) in [7, 11) is 0. The van der Waals surface area contributed by atoms with E-state index in [0.29, 0.717) is 25.5 Å². The highest BCUT2D eigenvalue weighted by Crippen LogP contribution is 2.22. The van der Waals surface area contributed by atoms with Crippen LogP contribution in [0.15, 0.2) is 66.7 Å². The van der Waals surface area contributed by atoms with Crippen LogP contribution in [0.1, 0.15) is 71.9 Å². The van der Waals surface area contributed by atoms with Gasteiger partial charge in [-0.05, 0) is 80.5 Å². The second-order valence-electron chi connectivity index (χ2n) is 9.93. The van der Waals surface area contributed by atoms with Gasteiger partial charge in [0.15, 0.2) is 0 Å². The second-order valence-corrected chi connectivity index (χ2v) is 9.93. The Labute approximate surface area is 220 Å². The maximum Gasteiger partial charge on any atom is 0.251 e. The van der Waals surface area contributed by atoms with Gasteiger partial charge in [-0.15, -0.1) is 0 Å². The number of fused-ring (bicyclic) bond motifs is 1. The topological polar surface area (TPSA) is 56.1 Å². The number of imidazole rings is 1. The molecule has 1 heterocycles. The summed E-state index contributed by atoms with van der Waals surface area (Å²) in [4.78, 5) is 17.6. The number of aryl methyl sites for hydroxylation is 3. The van der Waals surface area contributed by atoms with Gasteiger partial charge >= 0.3 is 0 Å². The van der Waals surface area contributed by atoms with Crippen LogP contribution in [0, 0.1) is 13.8 Å². The largest absolute Gasteiger partial charge is 0.494 e. The van der Waals surface area contributed by atoms with E-state index in [1.54, 1.807) is 0 Å². The van der Waals surface area contributed by atoms with E-state index in [-0.39, 0.29) is 5.91 Å². The van der Waals surface area contributed by atoms with Crippen LogP contribution in [0.4, 0.5) is 0 Å². The molecule has 1 atom stereocenters. The Morgan fingerprint density at radius 1 is 1.03 bits per heavy atom. The van der Waals surface area contributed by atoms with E-state index in [0.717, 1.165) is 65.1 Å². The Kier molecular flexibility index (Phi) is 8.99. The van der Waals surface area contributed by atoms with Crippen LogP contribution in [0.5, 0.6) is 5.75 Å². The van der Waals surface area contributed by atoms with Gasteiger partial charge in [-0.3, -0.25) is 4.79 Å². The highest BCUT2D eigenvalue weighted by molar-refractivity contribution is 5.95. The van der Waals surface area contributed by atoms with E-state index in [1.807, 2.05) is 38.1 Å². The second kappa shape index (κ2) is 12.6. The molecule has 194 valence electrons. The lowest BCUT2D eigenvalue weighted by molar-refractivity contribution is 0.0953. The summed E-state index contributed by atoms with van der Waals surface area (Å²) in [6.07, 6.45) is 3.78. The van der Waals surface area contributed by atoms with E-state index in [2.05, 4.69) is 66.2 Å². The molecule has 3 aromatic carbocycles. The van der Waals surface area contributed by atoms with Crippen molar-refractivity contribution in [3.8, 4) is 5.75 Å². The van der Waals surface area contributed by atoms with Crippen molar-refractivity contribution >= 4 is 16.9 Å². The van der Waals surface area contributed by atoms with E-state index < -0.39 is 0 Å². The third-order valence-electron chi connectivity index (χ3n) is 7.10. The van der Waals surface area contributed by atoms with Crippen molar-refractivity contribution in [2.24, 2.45) is 0 Å². The average molecular weight is 498 g/mol. The van der Waals surface area contributed by atoms with Crippen LogP contribution >= 0.6 is 0 Å². The Morgan fingerprint density at radius 3 is 2.57 bits per heavy atom. The van der Waals surface area contributed by atoms with E-state index in [9.17, 15) is 4.79 Å². The first kappa shape index (κ1) is 26.5. The number of nitrogens with one attached hydrogen (secondary N) is 1. The van der Waals surface area contributed by atoms with Crippen LogP contribution < -0.4 is 10.1 Å². The number of unbranched alkanes of at least 4 members (excludes halogenated alkanes) is 1. The fourth-order valence-electron chi connectivity index (χ4n) is 4.71. The summed E-state index contributed by atoms with van der Waals surface area (Å²) < 4.78 is 8.28. The van der Waals surface area contributed by atoms with Crippen molar-refractivity contribution in [2.45, 2.75) is 65.8 Å². The minimum atomic E-state index is -0.0329. The normalized spacial score (nSPS) is 12.0. The number of carbonyl (C=O) groups is 1. The molecule has 0 aliphatic heterocycles. The van der Waals surface area contributed by atoms with Crippen molar-refractivity contribution in [3.63, 3.8) is 0 Å². The Hall–Kier alpha value is -3.60. The average Bonchev–Trinajstić information content (AvgIpc) is 3.25. The summed E-state index contributed by atoms with van der Waals surface area (Å²) in [5, 5.41) is 3.08. The van der Waals surface area contributed by atoms with Gasteiger partial charge in [-0.25, -0.2) is 4.98 Å². The minimum absolute atomic E-state index is 0.0329. The molecule has 4 rings (SSSR count). The lowest BCUT2D eigenvalue weighted by Gasteiger charge is -2.12. The smallest absolute Gasteiger partial charge is 0.251 e. The highest BCUT2D eigenvalue weighted by atomic mass is 16.5. The maximum absolute atomic E-state index is 12.7. The molecule has 5 nitrogen and oxygen atoms in total. The van der Waals surface area contributed by atoms with E-state index >= 15 is 0 Å². The zero-order chi connectivity index (χ0) is 26.2. The summed E-state index contributed by atoms with van der Waals surface area (Å²) in [6.45, 7) is 10.6. The Balaban J connectivity index is 1.31. The third-order valence-corrected chi connectivity index (χ3v) is 7.10. The molecular weight excluding hydrogens is 458 g/mol. The van der Waals surface area contributed by atoms with Gasteiger partial charge < -0.3 is 14.6 Å². The minimum Gasteiger partial charge on any atom is -0.494 e. The van der Waals surface area contributed by atoms with Crippen molar-refractivity contribution in [1.82, 2.24) is 14.9 Å². The molecule has 0 saturated carbocycles. The molecule has 1 N–H and O–H groups in total. The Morgan fingerprint density at radius 2 is 1.81 bits per heavy atom. The number of nitrogens with zero attached hydrogens (tertiary/aromatic N) is 2. The lowest BCUT2D eigenvalue weighted by Crippen LogP contribution is -2.27. The summed E-state index contributed by atoms with van der Waals surface area (Å²) in [6, 6.07) is 22.7. The molecule has 0 aliphatic rings. The van der Waals surface area contributed by atoms with Crippen molar-refractivity contribution in [3.05, 3.63) is 94.8 Å². The summed E-state index contributed by atoms with van der Waals surface area (Å²) in [5.41, 5.74) is 6.38. The molecule has 0 saturated heterocycles. The number of rotatable bonds is 12. The quantitative estimate of drug-likeness (QED) is 0.214. The standard InChI is InChI=1S/C32H39N3O2/c1-5-24(3)26-13-15-27(16-14-26)37-21-9-8-20-35-30-11-7-6-10-29(30)34-31(35)18-19-33-32(36)28-17-12-23(2)22-25(28)4/h6-7,10-17,22,24H,5,8-9,18-21H2,1-4H3,(H,33,36). The summed E-state index contributed by atoms with van der Waals surface area (Å²) in [5.74, 6) is 2.48. The first-order chi connectivity index (χ1) is 18.0. The van der Waals surface area contributed by atoms with Gasteiger partial charge in [-0.2, -0.15) is 0 Å². The first-order valence-electron chi connectivity index (χ1n) is 13.5. The molecule has 0 bridgehead atoms. The monoisotopic (exact) mass is 497 g/mol. The Bertz CT molecular complexity index is 1320. The SMILES string of the molecule is CCC(C)c1ccc(OCCCCn2c(CCNC(=O)c3ccc(C)cc3C)nc3ccccc32)cc1. The molecule has 0 aliphatic carbocycles. The van der Waals surface area contributed by atoms with Gasteiger partial charge in [0.1, 0.15) is 11.6 Å². The number of amides is 1. The predicted octanol–water partition coefficient (Wildman–Crippen LogP) is 7.00. The summed E-state index contributed by atoms with van der Waals surface area (Å²) >= 11 is 0. The zero-order valence-corrected chi connectivity index (χ0v) is 22.6. The third kappa shape index (κ3) is 6.79. The molecule has 0 fully saturated rings. The molecule has 1 aromatic heterocycles. The van der Waals surface area contributed by atoms with Crippen LogP contribution in [-0.2, 0) is 13.0 Å².